The van der Waals surface area contributed by atoms with Crippen LogP contribution in [-0.2, 0) is 6.42 Å². The molecule has 0 atom stereocenters. The average Bonchev–Trinajstić information content (AvgIpc) is 2.86. The Morgan fingerprint density at radius 3 is 2.80 bits per heavy atom. The molecule has 0 saturated heterocycles. The lowest BCUT2D eigenvalue weighted by atomic mass is 10.3. The number of thiophene rings is 1. The Morgan fingerprint density at radius 2 is 2.27 bits per heavy atom. The maximum atomic E-state index is 11.1. The van der Waals surface area contributed by atoms with Gasteiger partial charge in [-0.3, -0.25) is 4.79 Å². The SMILES string of the molecule is CCc1ccc(-c2csc(C(C)=O)n2)s1. The Labute approximate surface area is 96.6 Å². The van der Waals surface area contributed by atoms with Crippen LogP contribution in [0.1, 0.15) is 28.5 Å². The van der Waals surface area contributed by atoms with E-state index in [-0.39, 0.29) is 5.78 Å². The van der Waals surface area contributed by atoms with Crippen LogP contribution in [0.3, 0.4) is 0 Å². The molecule has 2 aromatic rings. The van der Waals surface area contributed by atoms with Crippen LogP contribution in [0.2, 0.25) is 0 Å². The zero-order valence-corrected chi connectivity index (χ0v) is 10.2. The second-order valence-electron chi connectivity index (χ2n) is 3.21. The Morgan fingerprint density at radius 1 is 1.47 bits per heavy atom. The number of ketones is 1. The molecule has 0 aliphatic carbocycles. The monoisotopic (exact) mass is 237 g/mol. The van der Waals surface area contributed by atoms with Crippen molar-refractivity contribution in [3.8, 4) is 10.6 Å². The summed E-state index contributed by atoms with van der Waals surface area (Å²) >= 11 is 3.16. The van der Waals surface area contributed by atoms with E-state index in [0.717, 1.165) is 17.0 Å². The van der Waals surface area contributed by atoms with Crippen LogP contribution in [0, 0.1) is 0 Å². The fraction of sp³-hybridized carbons (Fsp3) is 0.273. The fourth-order valence-electron chi connectivity index (χ4n) is 1.25. The molecule has 0 amide bonds. The van der Waals surface area contributed by atoms with Gasteiger partial charge in [0.15, 0.2) is 10.8 Å². The topological polar surface area (TPSA) is 30.0 Å². The number of aryl methyl sites for hydroxylation is 1. The zero-order chi connectivity index (χ0) is 10.8. The van der Waals surface area contributed by atoms with Gasteiger partial charge in [0.2, 0.25) is 0 Å². The number of Topliss-reactive ketones (excluding diaryl/α,β-unsaturated/α-hetero) is 1. The van der Waals surface area contributed by atoms with Crippen LogP contribution in [0.25, 0.3) is 10.6 Å². The van der Waals surface area contributed by atoms with Crippen LogP contribution >= 0.6 is 22.7 Å². The highest BCUT2D eigenvalue weighted by Crippen LogP contribution is 2.29. The molecule has 2 aromatic heterocycles. The van der Waals surface area contributed by atoms with Crippen molar-refractivity contribution in [2.24, 2.45) is 0 Å². The molecule has 0 fully saturated rings. The van der Waals surface area contributed by atoms with E-state index in [2.05, 4.69) is 24.0 Å². The van der Waals surface area contributed by atoms with Gasteiger partial charge in [-0.1, -0.05) is 6.92 Å². The molecule has 0 aromatic carbocycles. The summed E-state index contributed by atoms with van der Waals surface area (Å²) in [5.41, 5.74) is 0.926. The highest BCUT2D eigenvalue weighted by molar-refractivity contribution is 7.16. The molecular weight excluding hydrogens is 226 g/mol. The van der Waals surface area contributed by atoms with E-state index < -0.39 is 0 Å². The number of aromatic nitrogens is 1. The van der Waals surface area contributed by atoms with Crippen LogP contribution < -0.4 is 0 Å². The number of hydrogen-bond donors (Lipinski definition) is 0. The molecule has 0 radical (unpaired) electrons. The van der Waals surface area contributed by atoms with E-state index in [1.165, 1.54) is 16.2 Å². The van der Waals surface area contributed by atoms with Crippen molar-refractivity contribution in [3.05, 3.63) is 27.4 Å². The maximum Gasteiger partial charge on any atom is 0.188 e. The maximum absolute atomic E-state index is 11.1. The van der Waals surface area contributed by atoms with E-state index in [0.29, 0.717) is 5.01 Å². The summed E-state index contributed by atoms with van der Waals surface area (Å²) in [5.74, 6) is 0.0403. The first kappa shape index (κ1) is 10.5. The normalized spacial score (nSPS) is 10.5. The molecular formula is C11H11NOS2. The molecule has 2 rings (SSSR count). The van der Waals surface area contributed by atoms with Gasteiger partial charge in [-0.05, 0) is 18.6 Å². The molecule has 15 heavy (non-hydrogen) atoms. The summed E-state index contributed by atoms with van der Waals surface area (Å²) in [6, 6.07) is 4.19. The first-order valence-corrected chi connectivity index (χ1v) is 6.46. The summed E-state index contributed by atoms with van der Waals surface area (Å²) < 4.78 is 0. The van der Waals surface area contributed by atoms with Crippen LogP contribution in [0.15, 0.2) is 17.5 Å². The van der Waals surface area contributed by atoms with Crippen LogP contribution in [-0.4, -0.2) is 10.8 Å². The van der Waals surface area contributed by atoms with Crippen molar-refractivity contribution in [1.82, 2.24) is 4.98 Å². The van der Waals surface area contributed by atoms with Crippen molar-refractivity contribution in [2.45, 2.75) is 20.3 Å². The lowest BCUT2D eigenvalue weighted by molar-refractivity contribution is 0.101. The van der Waals surface area contributed by atoms with Gasteiger partial charge in [-0.25, -0.2) is 4.98 Å². The van der Waals surface area contributed by atoms with Gasteiger partial charge in [0.25, 0.3) is 0 Å². The van der Waals surface area contributed by atoms with Gasteiger partial charge in [0.1, 0.15) is 0 Å². The second-order valence-corrected chi connectivity index (χ2v) is 5.24. The standard InChI is InChI=1S/C11H11NOS2/c1-3-8-4-5-10(15-8)9-6-14-11(12-9)7(2)13/h4-6H,3H2,1-2H3. The predicted molar refractivity (Wildman–Crippen MR) is 64.8 cm³/mol. The summed E-state index contributed by atoms with van der Waals surface area (Å²) in [7, 11) is 0. The summed E-state index contributed by atoms with van der Waals surface area (Å²) in [6.07, 6.45) is 1.05. The Balaban J connectivity index is 2.32. The lowest BCUT2D eigenvalue weighted by Crippen LogP contribution is -1.89. The predicted octanol–water partition coefficient (Wildman–Crippen LogP) is 3.64. The van der Waals surface area contributed by atoms with Crippen molar-refractivity contribution in [1.29, 1.82) is 0 Å². The van der Waals surface area contributed by atoms with Crippen molar-refractivity contribution in [2.75, 3.05) is 0 Å². The summed E-state index contributed by atoms with van der Waals surface area (Å²) in [4.78, 5) is 17.9. The van der Waals surface area contributed by atoms with Crippen LogP contribution in [0.5, 0.6) is 0 Å². The van der Waals surface area contributed by atoms with E-state index in [4.69, 9.17) is 0 Å². The molecule has 0 N–H and O–H groups in total. The van der Waals surface area contributed by atoms with Gasteiger partial charge in [-0.2, -0.15) is 0 Å². The van der Waals surface area contributed by atoms with Gasteiger partial charge in [-0.15, -0.1) is 22.7 Å². The van der Waals surface area contributed by atoms with Crippen molar-refractivity contribution in [3.63, 3.8) is 0 Å². The van der Waals surface area contributed by atoms with Gasteiger partial charge in [0, 0.05) is 17.2 Å². The number of thiazole rings is 1. The lowest BCUT2D eigenvalue weighted by Gasteiger charge is -1.88. The smallest absolute Gasteiger partial charge is 0.188 e. The van der Waals surface area contributed by atoms with Crippen molar-refractivity contribution < 1.29 is 4.79 Å². The first-order chi connectivity index (χ1) is 7.20. The summed E-state index contributed by atoms with van der Waals surface area (Å²) in [6.45, 7) is 3.69. The van der Waals surface area contributed by atoms with Crippen LogP contribution in [0.4, 0.5) is 0 Å². The Kier molecular flexibility index (Phi) is 2.98. The largest absolute Gasteiger partial charge is 0.292 e. The van der Waals surface area contributed by atoms with E-state index in [1.54, 1.807) is 18.3 Å². The molecule has 0 saturated carbocycles. The van der Waals surface area contributed by atoms with Crippen molar-refractivity contribution >= 4 is 28.5 Å². The average molecular weight is 237 g/mol. The highest BCUT2D eigenvalue weighted by atomic mass is 32.1. The van der Waals surface area contributed by atoms with Gasteiger partial charge < -0.3 is 0 Å². The summed E-state index contributed by atoms with van der Waals surface area (Å²) in [5, 5.41) is 2.54. The van der Waals surface area contributed by atoms with Gasteiger partial charge in [0.05, 0.1) is 10.6 Å². The third-order valence-corrected chi connectivity index (χ3v) is 4.26. The quantitative estimate of drug-likeness (QED) is 0.763. The molecule has 0 unspecified atom stereocenters. The minimum absolute atomic E-state index is 0.0403. The van der Waals surface area contributed by atoms with E-state index in [9.17, 15) is 4.79 Å². The Bertz CT molecular complexity index is 484. The molecule has 0 spiro atoms. The molecule has 2 nitrogen and oxygen atoms in total. The third kappa shape index (κ3) is 2.16. The minimum Gasteiger partial charge on any atom is -0.292 e. The molecule has 4 heteroatoms. The highest BCUT2D eigenvalue weighted by Gasteiger charge is 2.09. The third-order valence-electron chi connectivity index (χ3n) is 2.07. The zero-order valence-electron chi connectivity index (χ0n) is 8.61. The molecule has 0 aliphatic heterocycles. The second kappa shape index (κ2) is 4.24. The molecule has 0 aliphatic rings. The number of nitrogens with zero attached hydrogens (tertiary/aromatic N) is 1. The fourth-order valence-corrected chi connectivity index (χ4v) is 2.96. The molecule has 2 heterocycles. The number of carbonyl (C=O) groups excluding carboxylic acids is 1. The Hall–Kier alpha value is -1.00. The number of carbonyl (C=O) groups is 1. The molecule has 0 bridgehead atoms. The van der Waals surface area contributed by atoms with E-state index in [1.807, 2.05) is 5.38 Å². The number of rotatable bonds is 3. The van der Waals surface area contributed by atoms with E-state index >= 15 is 0 Å². The minimum atomic E-state index is 0.0403. The number of hydrogen-bond acceptors (Lipinski definition) is 4. The van der Waals surface area contributed by atoms with Gasteiger partial charge >= 0.3 is 0 Å². The first-order valence-electron chi connectivity index (χ1n) is 4.76. The molecule has 78 valence electrons.